The third-order valence-corrected chi connectivity index (χ3v) is 5.79. The van der Waals surface area contributed by atoms with E-state index in [1.54, 1.807) is 30.0 Å². The number of rotatable bonds is 5. The molecule has 1 aromatic carbocycles. The Balaban J connectivity index is 2.16. The number of nitrogens with one attached hydrogen (secondary N) is 1. The summed E-state index contributed by atoms with van der Waals surface area (Å²) >= 11 is 0. The van der Waals surface area contributed by atoms with Crippen LogP contribution in [0.3, 0.4) is 0 Å². The first-order valence-electron chi connectivity index (χ1n) is 8.31. The summed E-state index contributed by atoms with van der Waals surface area (Å²) in [7, 11) is -2.41. The summed E-state index contributed by atoms with van der Waals surface area (Å²) in [4.78, 5) is 14.4. The van der Waals surface area contributed by atoms with Crippen LogP contribution < -0.4 is 9.46 Å². The van der Waals surface area contributed by atoms with E-state index >= 15 is 0 Å². The largest absolute Gasteiger partial charge is 0.495 e. The number of amides is 1. The Kier molecular flexibility index (Phi) is 6.23. The van der Waals surface area contributed by atoms with Crippen molar-refractivity contribution < 1.29 is 17.9 Å². The van der Waals surface area contributed by atoms with E-state index in [1.165, 1.54) is 7.11 Å². The Morgan fingerprint density at radius 2 is 1.83 bits per heavy atom. The van der Waals surface area contributed by atoms with Crippen molar-refractivity contribution in [3.8, 4) is 5.75 Å². The van der Waals surface area contributed by atoms with E-state index in [0.717, 1.165) is 31.2 Å². The molecule has 0 saturated carbocycles. The van der Waals surface area contributed by atoms with Crippen molar-refractivity contribution in [1.82, 2.24) is 9.62 Å². The molecule has 0 radical (unpaired) electrons. The van der Waals surface area contributed by atoms with Crippen LogP contribution in [0.15, 0.2) is 23.1 Å². The molecule has 0 spiro atoms. The number of sulfonamides is 1. The van der Waals surface area contributed by atoms with E-state index < -0.39 is 16.1 Å². The minimum Gasteiger partial charge on any atom is -0.495 e. The van der Waals surface area contributed by atoms with Crippen LogP contribution >= 0.6 is 0 Å². The maximum atomic E-state index is 12.7. The van der Waals surface area contributed by atoms with Gasteiger partial charge in [0, 0.05) is 13.1 Å². The van der Waals surface area contributed by atoms with E-state index in [0.29, 0.717) is 13.1 Å². The van der Waals surface area contributed by atoms with Crippen molar-refractivity contribution in [3.05, 3.63) is 23.8 Å². The zero-order valence-electron chi connectivity index (χ0n) is 14.5. The first-order chi connectivity index (χ1) is 11.3. The van der Waals surface area contributed by atoms with Gasteiger partial charge in [-0.05, 0) is 44.4 Å². The van der Waals surface area contributed by atoms with Gasteiger partial charge in [0.1, 0.15) is 10.6 Å². The molecule has 1 saturated heterocycles. The number of hydrogen-bond donors (Lipinski definition) is 1. The molecule has 0 aromatic heterocycles. The zero-order valence-corrected chi connectivity index (χ0v) is 15.4. The lowest BCUT2D eigenvalue weighted by atomic mass is 10.2. The van der Waals surface area contributed by atoms with Gasteiger partial charge in [0.2, 0.25) is 15.9 Å². The predicted molar refractivity (Wildman–Crippen MR) is 92.6 cm³/mol. The lowest BCUT2D eigenvalue weighted by Crippen LogP contribution is -2.47. The molecule has 1 aliphatic rings. The van der Waals surface area contributed by atoms with Crippen molar-refractivity contribution in [2.24, 2.45) is 0 Å². The number of ether oxygens (including phenoxy) is 1. The second-order valence-corrected chi connectivity index (χ2v) is 7.92. The second kappa shape index (κ2) is 7.98. The topological polar surface area (TPSA) is 75.7 Å². The van der Waals surface area contributed by atoms with Crippen molar-refractivity contribution in [2.75, 3.05) is 20.2 Å². The zero-order chi connectivity index (χ0) is 17.7. The number of carbonyl (C=O) groups is 1. The molecule has 1 N–H and O–H groups in total. The summed E-state index contributed by atoms with van der Waals surface area (Å²) in [5.41, 5.74) is 0.808. The molecule has 134 valence electrons. The molecule has 1 amide bonds. The van der Waals surface area contributed by atoms with Gasteiger partial charge in [0.25, 0.3) is 0 Å². The molecule has 1 atom stereocenters. The van der Waals surface area contributed by atoms with Crippen LogP contribution in [0.2, 0.25) is 0 Å². The fourth-order valence-electron chi connectivity index (χ4n) is 2.91. The number of methoxy groups -OCH3 is 1. The Morgan fingerprint density at radius 3 is 2.42 bits per heavy atom. The van der Waals surface area contributed by atoms with Gasteiger partial charge in [0.15, 0.2) is 0 Å². The van der Waals surface area contributed by atoms with Crippen LogP contribution in [0.1, 0.15) is 38.2 Å². The van der Waals surface area contributed by atoms with E-state index in [-0.39, 0.29) is 16.6 Å². The number of benzene rings is 1. The molecule has 1 aromatic rings. The van der Waals surface area contributed by atoms with Gasteiger partial charge in [0.05, 0.1) is 13.2 Å². The lowest BCUT2D eigenvalue weighted by molar-refractivity contribution is -0.132. The minimum absolute atomic E-state index is 0.0560. The highest BCUT2D eigenvalue weighted by Crippen LogP contribution is 2.25. The molecule has 6 nitrogen and oxygen atoms in total. The van der Waals surface area contributed by atoms with Crippen LogP contribution in [0, 0.1) is 6.92 Å². The Hall–Kier alpha value is -1.60. The fourth-order valence-corrected chi connectivity index (χ4v) is 4.36. The van der Waals surface area contributed by atoms with E-state index in [4.69, 9.17) is 4.74 Å². The van der Waals surface area contributed by atoms with Crippen molar-refractivity contribution in [3.63, 3.8) is 0 Å². The Bertz CT molecular complexity index is 680. The fraction of sp³-hybridized carbons (Fsp3) is 0.588. The average molecular weight is 354 g/mol. The molecule has 0 bridgehead atoms. The monoisotopic (exact) mass is 354 g/mol. The summed E-state index contributed by atoms with van der Waals surface area (Å²) in [5, 5.41) is 0. The van der Waals surface area contributed by atoms with Crippen LogP contribution in [0.4, 0.5) is 0 Å². The maximum Gasteiger partial charge on any atom is 0.244 e. The van der Waals surface area contributed by atoms with Gasteiger partial charge in [-0.1, -0.05) is 18.9 Å². The normalized spacial score (nSPS) is 17.2. The van der Waals surface area contributed by atoms with Gasteiger partial charge in [-0.25, -0.2) is 8.42 Å². The number of carbonyl (C=O) groups excluding carboxylic acids is 1. The van der Waals surface area contributed by atoms with E-state index in [2.05, 4.69) is 4.72 Å². The molecule has 1 fully saturated rings. The standard InChI is InChI=1S/C17H26N2O4S/c1-13-8-9-15(23-3)16(12-13)24(21,22)18-14(2)17(20)19-10-6-4-5-7-11-19/h8-9,12,14,18H,4-7,10-11H2,1-3H3/t14-/m0/s1. The van der Waals surface area contributed by atoms with Gasteiger partial charge < -0.3 is 9.64 Å². The average Bonchev–Trinajstić information content (AvgIpc) is 2.83. The van der Waals surface area contributed by atoms with Gasteiger partial charge in [-0.15, -0.1) is 0 Å². The van der Waals surface area contributed by atoms with Crippen LogP contribution in [0.5, 0.6) is 5.75 Å². The molecule has 1 aliphatic heterocycles. The summed E-state index contributed by atoms with van der Waals surface area (Å²) in [6.45, 7) is 4.79. The summed E-state index contributed by atoms with van der Waals surface area (Å²) in [5.74, 6) is 0.0922. The number of likely N-dealkylation sites (tertiary alicyclic amines) is 1. The third kappa shape index (κ3) is 4.48. The SMILES string of the molecule is COc1ccc(C)cc1S(=O)(=O)N[C@@H](C)C(=O)N1CCCCCC1. The lowest BCUT2D eigenvalue weighted by Gasteiger charge is -2.24. The summed E-state index contributed by atoms with van der Waals surface area (Å²) in [6, 6.07) is 4.14. The quantitative estimate of drug-likeness (QED) is 0.878. The smallest absolute Gasteiger partial charge is 0.244 e. The van der Waals surface area contributed by atoms with E-state index in [1.807, 2.05) is 6.92 Å². The number of aryl methyl sites for hydroxylation is 1. The molecular weight excluding hydrogens is 328 g/mol. The highest BCUT2D eigenvalue weighted by Gasteiger charge is 2.28. The molecular formula is C17H26N2O4S. The van der Waals surface area contributed by atoms with Crippen molar-refractivity contribution in [2.45, 2.75) is 50.5 Å². The van der Waals surface area contributed by atoms with Crippen molar-refractivity contribution in [1.29, 1.82) is 0 Å². The molecule has 2 rings (SSSR count). The van der Waals surface area contributed by atoms with Crippen LogP contribution in [0.25, 0.3) is 0 Å². The van der Waals surface area contributed by atoms with Gasteiger partial charge in [-0.3, -0.25) is 4.79 Å². The number of nitrogens with zero attached hydrogens (tertiary/aromatic N) is 1. The molecule has 7 heteroatoms. The highest BCUT2D eigenvalue weighted by molar-refractivity contribution is 7.89. The molecule has 1 heterocycles. The Labute approximate surface area is 144 Å². The molecule has 0 aliphatic carbocycles. The minimum atomic E-state index is -3.84. The highest BCUT2D eigenvalue weighted by atomic mass is 32.2. The third-order valence-electron chi connectivity index (χ3n) is 4.23. The second-order valence-electron chi connectivity index (χ2n) is 6.24. The van der Waals surface area contributed by atoms with Gasteiger partial charge >= 0.3 is 0 Å². The molecule has 0 unspecified atom stereocenters. The number of hydrogen-bond acceptors (Lipinski definition) is 4. The summed E-state index contributed by atoms with van der Waals surface area (Å²) < 4.78 is 33.0. The first-order valence-corrected chi connectivity index (χ1v) is 9.79. The van der Waals surface area contributed by atoms with Gasteiger partial charge in [-0.2, -0.15) is 4.72 Å². The Morgan fingerprint density at radius 1 is 1.21 bits per heavy atom. The summed E-state index contributed by atoms with van der Waals surface area (Å²) in [6.07, 6.45) is 4.17. The van der Waals surface area contributed by atoms with Crippen LogP contribution in [-0.4, -0.2) is 45.5 Å². The first kappa shape index (κ1) is 18.7. The van der Waals surface area contributed by atoms with Crippen LogP contribution in [-0.2, 0) is 14.8 Å². The predicted octanol–water partition coefficient (Wildman–Crippen LogP) is 2.07. The van der Waals surface area contributed by atoms with Crippen molar-refractivity contribution >= 4 is 15.9 Å². The maximum absolute atomic E-state index is 12.7. The molecule has 24 heavy (non-hydrogen) atoms. The van der Waals surface area contributed by atoms with E-state index in [9.17, 15) is 13.2 Å².